The highest BCUT2D eigenvalue weighted by Gasteiger charge is 2.14. The number of rotatable bonds is 8. The van der Waals surface area contributed by atoms with Crippen LogP contribution in [0.5, 0.6) is 0 Å². The van der Waals surface area contributed by atoms with Gasteiger partial charge < -0.3 is 10.2 Å². The van der Waals surface area contributed by atoms with Gasteiger partial charge in [-0.05, 0) is 30.2 Å². The number of carbonyl (C=O) groups is 2. The van der Waals surface area contributed by atoms with E-state index in [2.05, 4.69) is 28.6 Å². The summed E-state index contributed by atoms with van der Waals surface area (Å²) in [5, 5.41) is 5.09. The Morgan fingerprint density at radius 3 is 2.79 bits per heavy atom. The van der Waals surface area contributed by atoms with E-state index in [1.54, 1.807) is 5.01 Å². The molecule has 24 heavy (non-hydrogen) atoms. The Morgan fingerprint density at radius 1 is 1.38 bits per heavy atom. The SMILES string of the molecule is CCCCC(=O)NN(C)Cc1cc(N2CCNCC2)ccc1C=O. The summed E-state index contributed by atoms with van der Waals surface area (Å²) in [6, 6.07) is 5.93. The number of aldehydes is 1. The monoisotopic (exact) mass is 332 g/mol. The first-order chi connectivity index (χ1) is 11.6. The predicted molar refractivity (Wildman–Crippen MR) is 96.0 cm³/mol. The molecule has 1 saturated heterocycles. The maximum Gasteiger partial charge on any atom is 0.234 e. The van der Waals surface area contributed by atoms with Crippen LogP contribution in [0, 0.1) is 0 Å². The molecule has 6 nitrogen and oxygen atoms in total. The molecule has 1 aromatic carbocycles. The first-order valence-electron chi connectivity index (χ1n) is 8.68. The normalized spacial score (nSPS) is 14.7. The Bertz CT molecular complexity index is 556. The molecule has 1 amide bonds. The number of hydrogen-bond donors (Lipinski definition) is 2. The summed E-state index contributed by atoms with van der Waals surface area (Å²) in [4.78, 5) is 25.5. The molecule has 0 bridgehead atoms. The van der Waals surface area contributed by atoms with Crippen molar-refractivity contribution in [3.8, 4) is 0 Å². The van der Waals surface area contributed by atoms with Gasteiger partial charge in [0.25, 0.3) is 0 Å². The van der Waals surface area contributed by atoms with E-state index in [4.69, 9.17) is 0 Å². The second kappa shape index (κ2) is 9.39. The molecule has 0 aliphatic carbocycles. The zero-order valence-corrected chi connectivity index (χ0v) is 14.7. The fourth-order valence-electron chi connectivity index (χ4n) is 2.86. The van der Waals surface area contributed by atoms with Crippen LogP contribution in [0.25, 0.3) is 0 Å². The van der Waals surface area contributed by atoms with Gasteiger partial charge in [-0.25, -0.2) is 5.01 Å². The van der Waals surface area contributed by atoms with E-state index in [0.717, 1.165) is 56.6 Å². The number of carbonyl (C=O) groups excluding carboxylic acids is 2. The van der Waals surface area contributed by atoms with Crippen molar-refractivity contribution in [2.24, 2.45) is 0 Å². The molecule has 0 radical (unpaired) electrons. The Labute approximate surface area is 144 Å². The molecule has 2 N–H and O–H groups in total. The zero-order valence-electron chi connectivity index (χ0n) is 14.7. The highest BCUT2D eigenvalue weighted by atomic mass is 16.2. The average Bonchev–Trinajstić information content (AvgIpc) is 2.60. The Hall–Kier alpha value is -1.92. The Balaban J connectivity index is 2.03. The van der Waals surface area contributed by atoms with Gasteiger partial charge in [0.1, 0.15) is 6.29 Å². The third kappa shape index (κ3) is 5.32. The van der Waals surface area contributed by atoms with Gasteiger partial charge in [0.2, 0.25) is 5.91 Å². The Kier molecular flexibility index (Phi) is 7.21. The van der Waals surface area contributed by atoms with Crippen molar-refractivity contribution in [2.45, 2.75) is 32.7 Å². The largest absolute Gasteiger partial charge is 0.369 e. The summed E-state index contributed by atoms with van der Waals surface area (Å²) in [7, 11) is 1.83. The maximum atomic E-state index is 11.8. The molecule has 1 aromatic rings. The molecule has 0 spiro atoms. The van der Waals surface area contributed by atoms with Crippen LogP contribution in [0.1, 0.15) is 42.1 Å². The first-order valence-corrected chi connectivity index (χ1v) is 8.68. The Morgan fingerprint density at radius 2 is 2.12 bits per heavy atom. The van der Waals surface area contributed by atoms with E-state index in [-0.39, 0.29) is 5.91 Å². The molecule has 1 heterocycles. The van der Waals surface area contributed by atoms with Crippen molar-refractivity contribution >= 4 is 17.9 Å². The third-order valence-electron chi connectivity index (χ3n) is 4.22. The molecule has 0 aromatic heterocycles. The number of piperazine rings is 1. The average molecular weight is 332 g/mol. The van der Waals surface area contributed by atoms with Gasteiger partial charge >= 0.3 is 0 Å². The fourth-order valence-corrected chi connectivity index (χ4v) is 2.86. The summed E-state index contributed by atoms with van der Waals surface area (Å²) < 4.78 is 0. The van der Waals surface area contributed by atoms with Crippen LogP contribution in [0.4, 0.5) is 5.69 Å². The number of hydrazine groups is 1. The number of benzene rings is 1. The standard InChI is InChI=1S/C18H28N4O2/c1-3-4-5-18(24)20-21(2)13-16-12-17(7-6-15(16)14-23)22-10-8-19-9-11-22/h6-7,12,14,19H,3-5,8-11,13H2,1-2H3,(H,20,24). The van der Waals surface area contributed by atoms with E-state index < -0.39 is 0 Å². The van der Waals surface area contributed by atoms with Gasteiger partial charge in [-0.3, -0.25) is 15.0 Å². The summed E-state index contributed by atoms with van der Waals surface area (Å²) in [5.74, 6) is 0.0188. The van der Waals surface area contributed by atoms with E-state index >= 15 is 0 Å². The molecule has 1 aliphatic heterocycles. The van der Waals surface area contributed by atoms with Gasteiger partial charge in [0, 0.05) is 57.4 Å². The van der Waals surface area contributed by atoms with E-state index in [9.17, 15) is 9.59 Å². The van der Waals surface area contributed by atoms with Crippen molar-refractivity contribution in [1.29, 1.82) is 0 Å². The predicted octanol–water partition coefficient (Wildman–Crippen LogP) is 1.56. The van der Waals surface area contributed by atoms with Crippen LogP contribution in [0.2, 0.25) is 0 Å². The first kappa shape index (κ1) is 18.4. The van der Waals surface area contributed by atoms with Crippen molar-refractivity contribution < 1.29 is 9.59 Å². The smallest absolute Gasteiger partial charge is 0.234 e. The van der Waals surface area contributed by atoms with Crippen molar-refractivity contribution in [2.75, 3.05) is 38.1 Å². The molecule has 2 rings (SSSR count). The second-order valence-electron chi connectivity index (χ2n) is 6.23. The summed E-state index contributed by atoms with van der Waals surface area (Å²) in [6.07, 6.45) is 3.29. The lowest BCUT2D eigenvalue weighted by molar-refractivity contribution is -0.125. The lowest BCUT2D eigenvalue weighted by Crippen LogP contribution is -2.43. The molecular weight excluding hydrogens is 304 g/mol. The van der Waals surface area contributed by atoms with Crippen LogP contribution in [-0.4, -0.2) is 50.4 Å². The molecule has 0 saturated carbocycles. The second-order valence-corrected chi connectivity index (χ2v) is 6.23. The van der Waals surface area contributed by atoms with E-state index in [1.165, 1.54) is 0 Å². The molecular formula is C18H28N4O2. The minimum Gasteiger partial charge on any atom is -0.369 e. The highest BCUT2D eigenvalue weighted by molar-refractivity contribution is 5.79. The number of amides is 1. The van der Waals surface area contributed by atoms with Crippen LogP contribution in [0.3, 0.4) is 0 Å². The molecule has 1 fully saturated rings. The van der Waals surface area contributed by atoms with Gasteiger partial charge in [0.15, 0.2) is 0 Å². The fraction of sp³-hybridized carbons (Fsp3) is 0.556. The van der Waals surface area contributed by atoms with Crippen molar-refractivity contribution in [3.05, 3.63) is 29.3 Å². The topological polar surface area (TPSA) is 64.7 Å². The summed E-state index contributed by atoms with van der Waals surface area (Å²) in [5.41, 5.74) is 5.60. The van der Waals surface area contributed by atoms with Crippen molar-refractivity contribution in [1.82, 2.24) is 15.8 Å². The molecule has 1 aliphatic rings. The van der Waals surface area contributed by atoms with Crippen LogP contribution < -0.4 is 15.6 Å². The van der Waals surface area contributed by atoms with Crippen LogP contribution in [-0.2, 0) is 11.3 Å². The quantitative estimate of drug-likeness (QED) is 0.559. The minimum atomic E-state index is 0.0188. The lowest BCUT2D eigenvalue weighted by Gasteiger charge is -2.30. The summed E-state index contributed by atoms with van der Waals surface area (Å²) >= 11 is 0. The summed E-state index contributed by atoms with van der Waals surface area (Å²) in [6.45, 7) is 6.43. The van der Waals surface area contributed by atoms with Gasteiger partial charge in [-0.15, -0.1) is 0 Å². The van der Waals surface area contributed by atoms with Crippen molar-refractivity contribution in [3.63, 3.8) is 0 Å². The third-order valence-corrected chi connectivity index (χ3v) is 4.22. The maximum absolute atomic E-state index is 11.8. The van der Waals surface area contributed by atoms with E-state index in [0.29, 0.717) is 18.5 Å². The van der Waals surface area contributed by atoms with Gasteiger partial charge in [-0.1, -0.05) is 13.3 Å². The number of anilines is 1. The molecule has 0 atom stereocenters. The van der Waals surface area contributed by atoms with Gasteiger partial charge in [-0.2, -0.15) is 0 Å². The highest BCUT2D eigenvalue weighted by Crippen LogP contribution is 2.20. The lowest BCUT2D eigenvalue weighted by atomic mass is 10.1. The van der Waals surface area contributed by atoms with Crippen LogP contribution >= 0.6 is 0 Å². The number of nitrogens with zero attached hydrogens (tertiary/aromatic N) is 2. The minimum absolute atomic E-state index is 0.0188. The number of unbranched alkanes of at least 4 members (excludes halogenated alkanes) is 1. The van der Waals surface area contributed by atoms with Crippen LogP contribution in [0.15, 0.2) is 18.2 Å². The molecule has 0 unspecified atom stereocenters. The van der Waals surface area contributed by atoms with Gasteiger partial charge in [0.05, 0.1) is 0 Å². The number of nitrogens with one attached hydrogen (secondary N) is 2. The zero-order chi connectivity index (χ0) is 17.4. The number of hydrogen-bond acceptors (Lipinski definition) is 5. The van der Waals surface area contributed by atoms with E-state index in [1.807, 2.05) is 19.2 Å². The molecule has 132 valence electrons. The molecule has 6 heteroatoms.